The van der Waals surface area contributed by atoms with Crippen LogP contribution in [-0.2, 0) is 18.9 Å². The van der Waals surface area contributed by atoms with Crippen molar-refractivity contribution in [3.63, 3.8) is 0 Å². The van der Waals surface area contributed by atoms with Gasteiger partial charge >= 0.3 is 12.4 Å². The number of pyridine rings is 1. The largest absolute Gasteiger partial charge is 0.423 e. The van der Waals surface area contributed by atoms with Gasteiger partial charge in [-0.15, -0.1) is 10.2 Å². The number of halogens is 8. The summed E-state index contributed by atoms with van der Waals surface area (Å²) >= 11 is 0. The van der Waals surface area contributed by atoms with Gasteiger partial charge in [-0.3, -0.25) is 9.59 Å². The van der Waals surface area contributed by atoms with Gasteiger partial charge < -0.3 is 14.3 Å². The maximum atomic E-state index is 15.2. The number of alkyl halides is 6. The van der Waals surface area contributed by atoms with Crippen molar-refractivity contribution in [3.8, 4) is 11.4 Å². The molecule has 4 heterocycles. The van der Waals surface area contributed by atoms with Crippen LogP contribution in [0.1, 0.15) is 60.6 Å². The van der Waals surface area contributed by atoms with E-state index in [2.05, 4.69) is 30.6 Å². The molecule has 47 heavy (non-hydrogen) atoms. The fourth-order valence-electron chi connectivity index (χ4n) is 4.91. The Labute approximate surface area is 256 Å². The molecule has 2 N–H and O–H groups in total. The van der Waals surface area contributed by atoms with Crippen LogP contribution in [0.5, 0.6) is 0 Å². The van der Waals surface area contributed by atoms with Crippen LogP contribution in [0.2, 0.25) is 0 Å². The SMILES string of the molecule is O=c1[nH]ncc(NC(CCCn2ccc3cc(-c4ncc(C(F)(F)F)cn4)c(F)c(F)c3c2=O)c2nnc(C3CC3)o2)c1C(F)(F)F. The number of aryl methyl sites for hydroxylation is 1. The summed E-state index contributed by atoms with van der Waals surface area (Å²) in [6, 6.07) is 1.24. The predicted molar refractivity (Wildman–Crippen MR) is 146 cm³/mol. The minimum Gasteiger partial charge on any atom is -0.423 e. The zero-order valence-electron chi connectivity index (χ0n) is 23.6. The van der Waals surface area contributed by atoms with Gasteiger partial charge in [0.1, 0.15) is 11.6 Å². The van der Waals surface area contributed by atoms with Gasteiger partial charge in [-0.2, -0.15) is 31.4 Å². The lowest BCUT2D eigenvalue weighted by molar-refractivity contribution is -0.139. The van der Waals surface area contributed by atoms with E-state index in [9.17, 15) is 35.9 Å². The van der Waals surface area contributed by atoms with Crippen molar-refractivity contribution in [1.29, 1.82) is 0 Å². The molecule has 4 aromatic heterocycles. The first-order valence-corrected chi connectivity index (χ1v) is 13.9. The van der Waals surface area contributed by atoms with E-state index in [1.165, 1.54) is 12.3 Å². The van der Waals surface area contributed by atoms with Gasteiger partial charge in [0, 0.05) is 31.1 Å². The van der Waals surface area contributed by atoms with Gasteiger partial charge in [0.2, 0.25) is 11.8 Å². The van der Waals surface area contributed by atoms with Crippen LogP contribution in [0.25, 0.3) is 22.2 Å². The second-order valence-electron chi connectivity index (χ2n) is 10.7. The lowest BCUT2D eigenvalue weighted by Gasteiger charge is -2.19. The van der Waals surface area contributed by atoms with Crippen LogP contribution < -0.4 is 16.4 Å². The quantitative estimate of drug-likeness (QED) is 0.188. The Morgan fingerprint density at radius 2 is 1.72 bits per heavy atom. The third kappa shape index (κ3) is 6.41. The highest BCUT2D eigenvalue weighted by Gasteiger charge is 2.38. The number of hydrogen-bond acceptors (Lipinski definition) is 9. The summed E-state index contributed by atoms with van der Waals surface area (Å²) in [7, 11) is 0. The molecule has 5 aromatic rings. The summed E-state index contributed by atoms with van der Waals surface area (Å²) in [5, 5.41) is 15.0. The fourth-order valence-corrected chi connectivity index (χ4v) is 4.91. The highest BCUT2D eigenvalue weighted by molar-refractivity contribution is 5.86. The van der Waals surface area contributed by atoms with E-state index in [4.69, 9.17) is 4.42 Å². The maximum Gasteiger partial charge on any atom is 0.423 e. The zero-order valence-corrected chi connectivity index (χ0v) is 23.6. The molecular weight excluding hydrogens is 648 g/mol. The van der Waals surface area contributed by atoms with Crippen LogP contribution in [0.4, 0.5) is 40.8 Å². The number of H-pyrrole nitrogens is 1. The van der Waals surface area contributed by atoms with E-state index < -0.39 is 74.7 Å². The van der Waals surface area contributed by atoms with Crippen molar-refractivity contribution in [2.45, 2.75) is 56.5 Å². The molecule has 11 nitrogen and oxygen atoms in total. The first-order valence-electron chi connectivity index (χ1n) is 13.9. The Morgan fingerprint density at radius 3 is 2.38 bits per heavy atom. The Balaban J connectivity index is 1.26. The normalized spacial score (nSPS) is 14.5. The van der Waals surface area contributed by atoms with E-state index >= 15 is 8.78 Å². The Kier molecular flexibility index (Phi) is 8.00. The van der Waals surface area contributed by atoms with Crippen LogP contribution in [0.15, 0.2) is 50.9 Å². The molecule has 1 fully saturated rings. The molecule has 6 rings (SSSR count). The first kappa shape index (κ1) is 31.7. The Morgan fingerprint density at radius 1 is 1.00 bits per heavy atom. The number of nitrogens with zero attached hydrogens (tertiary/aromatic N) is 6. The summed E-state index contributed by atoms with van der Waals surface area (Å²) in [4.78, 5) is 32.1. The zero-order chi connectivity index (χ0) is 33.7. The third-order valence-electron chi connectivity index (χ3n) is 7.41. The number of hydrogen-bond donors (Lipinski definition) is 2. The van der Waals surface area contributed by atoms with Gasteiger partial charge in [0.15, 0.2) is 17.5 Å². The van der Waals surface area contributed by atoms with Crippen LogP contribution in [0.3, 0.4) is 0 Å². The lowest BCUT2D eigenvalue weighted by Crippen LogP contribution is -2.26. The van der Waals surface area contributed by atoms with Crippen molar-refractivity contribution in [1.82, 2.24) is 34.9 Å². The molecule has 0 amide bonds. The van der Waals surface area contributed by atoms with Crippen LogP contribution >= 0.6 is 0 Å². The van der Waals surface area contributed by atoms with Gasteiger partial charge in [-0.1, -0.05) is 0 Å². The molecule has 1 saturated carbocycles. The van der Waals surface area contributed by atoms with Crippen molar-refractivity contribution in [3.05, 3.63) is 92.2 Å². The van der Waals surface area contributed by atoms with Crippen LogP contribution in [0, 0.1) is 11.6 Å². The number of benzene rings is 1. The predicted octanol–water partition coefficient (Wildman–Crippen LogP) is 5.75. The van der Waals surface area contributed by atoms with Crippen molar-refractivity contribution < 1.29 is 39.5 Å². The smallest absolute Gasteiger partial charge is 0.423 e. The average molecular weight is 669 g/mol. The monoisotopic (exact) mass is 668 g/mol. The number of aromatic amines is 1. The number of fused-ring (bicyclic) bond motifs is 1. The average Bonchev–Trinajstić information content (AvgIpc) is 3.74. The topological polar surface area (TPSA) is 144 Å². The molecule has 1 atom stereocenters. The number of rotatable bonds is 9. The van der Waals surface area contributed by atoms with Gasteiger partial charge in [0.05, 0.1) is 28.4 Å². The van der Waals surface area contributed by atoms with E-state index in [1.807, 2.05) is 0 Å². The number of aromatic nitrogens is 7. The Hall–Kier alpha value is -5.23. The highest BCUT2D eigenvalue weighted by atomic mass is 19.4. The first-order chi connectivity index (χ1) is 22.2. The van der Waals surface area contributed by atoms with Crippen molar-refractivity contribution >= 4 is 16.5 Å². The van der Waals surface area contributed by atoms with Crippen LogP contribution in [-0.4, -0.2) is 34.9 Å². The molecular formula is C28H20F8N8O3. The third-order valence-corrected chi connectivity index (χ3v) is 7.41. The minimum absolute atomic E-state index is 0.0259. The number of nitrogens with one attached hydrogen (secondary N) is 2. The van der Waals surface area contributed by atoms with Gasteiger partial charge in [-0.05, 0) is 43.2 Å². The van der Waals surface area contributed by atoms with E-state index in [0.29, 0.717) is 18.3 Å². The van der Waals surface area contributed by atoms with Crippen molar-refractivity contribution in [2.24, 2.45) is 0 Å². The molecule has 1 unspecified atom stereocenters. The second kappa shape index (κ2) is 11.8. The second-order valence-corrected chi connectivity index (χ2v) is 10.7. The number of anilines is 1. The molecule has 0 aliphatic heterocycles. The maximum absolute atomic E-state index is 15.2. The minimum atomic E-state index is -5.03. The summed E-state index contributed by atoms with van der Waals surface area (Å²) in [5.41, 5.74) is -6.35. The summed E-state index contributed by atoms with van der Waals surface area (Å²) < 4.78 is 117. The van der Waals surface area contributed by atoms with Crippen molar-refractivity contribution in [2.75, 3.05) is 5.32 Å². The molecule has 1 aromatic carbocycles. The molecule has 0 saturated heterocycles. The standard InChI is InChI=1S/C28H20F8N8O3/c29-20-15(22-37-9-14(10-38-22)27(31,32)33)8-13-5-7-44(26(46)18(13)21(20)30)6-1-2-16(25-43-42-24(47-25)12-3-4-12)40-17-11-39-41-23(45)19(17)28(34,35)36/h5,7-12,16H,1-4,6H2,(H2,40,41,45). The summed E-state index contributed by atoms with van der Waals surface area (Å²) in [6.45, 7) is -0.124. The summed E-state index contributed by atoms with van der Waals surface area (Å²) in [6.07, 6.45) is -5.26. The molecule has 0 bridgehead atoms. The van der Waals surface area contributed by atoms with Gasteiger partial charge in [0.25, 0.3) is 11.1 Å². The summed E-state index contributed by atoms with van der Waals surface area (Å²) in [5.74, 6) is -3.39. The van der Waals surface area contributed by atoms with E-state index in [0.717, 1.165) is 29.7 Å². The molecule has 0 radical (unpaired) electrons. The molecule has 19 heteroatoms. The van der Waals surface area contributed by atoms with E-state index in [1.54, 1.807) is 5.10 Å². The lowest BCUT2D eigenvalue weighted by atomic mass is 10.1. The highest BCUT2D eigenvalue weighted by Crippen LogP contribution is 2.40. The molecule has 246 valence electrons. The fraction of sp³-hybridized carbons (Fsp3) is 0.321. The molecule has 1 aliphatic rings. The Bertz CT molecular complexity index is 2070. The molecule has 0 spiro atoms. The van der Waals surface area contributed by atoms with E-state index in [-0.39, 0.29) is 36.6 Å². The van der Waals surface area contributed by atoms with Gasteiger partial charge in [-0.25, -0.2) is 23.8 Å². The molecule has 1 aliphatic carbocycles.